The van der Waals surface area contributed by atoms with Crippen LogP contribution in [-0.2, 0) is 22.6 Å². The first kappa shape index (κ1) is 18.6. The van der Waals surface area contributed by atoms with Crippen LogP contribution in [-0.4, -0.2) is 52.7 Å². The Kier molecular flexibility index (Phi) is 6.41. The maximum absolute atomic E-state index is 12.2. The van der Waals surface area contributed by atoms with Gasteiger partial charge in [0.25, 0.3) is 0 Å². The third-order valence-corrected chi connectivity index (χ3v) is 4.91. The number of carbonyl (C=O) groups excluding carboxylic acids is 1. The number of nitrogens with zero attached hydrogens (tertiary/aromatic N) is 3. The van der Waals surface area contributed by atoms with Crippen LogP contribution in [0.1, 0.15) is 23.4 Å². The number of amides is 1. The van der Waals surface area contributed by atoms with Crippen molar-refractivity contribution >= 4 is 5.91 Å². The van der Waals surface area contributed by atoms with Gasteiger partial charge in [-0.05, 0) is 19.4 Å². The molecule has 1 unspecified atom stereocenters. The Morgan fingerprint density at radius 2 is 2.12 bits per heavy atom. The maximum Gasteiger partial charge on any atom is 0.222 e. The van der Waals surface area contributed by atoms with E-state index in [9.17, 15) is 4.79 Å². The molecule has 26 heavy (non-hydrogen) atoms. The molecule has 1 atom stereocenters. The number of hydrogen-bond donors (Lipinski definition) is 1. The summed E-state index contributed by atoms with van der Waals surface area (Å²) in [4.78, 5) is 18.9. The van der Waals surface area contributed by atoms with Crippen molar-refractivity contribution in [3.05, 3.63) is 53.6 Å². The number of aromatic nitrogens is 2. The Hall–Kier alpha value is -2.18. The molecule has 2 heterocycles. The average Bonchev–Trinajstić information content (AvgIpc) is 2.95. The van der Waals surface area contributed by atoms with Gasteiger partial charge >= 0.3 is 0 Å². The number of carbonyl (C=O) groups is 1. The molecular formula is C20H28N4O2. The van der Waals surface area contributed by atoms with Crippen LogP contribution >= 0.6 is 0 Å². The molecule has 6 nitrogen and oxygen atoms in total. The molecule has 2 aromatic rings. The van der Waals surface area contributed by atoms with E-state index in [0.717, 1.165) is 37.6 Å². The summed E-state index contributed by atoms with van der Waals surface area (Å²) in [5, 5.41) is 2.99. The summed E-state index contributed by atoms with van der Waals surface area (Å²) in [6, 6.07) is 10.4. The summed E-state index contributed by atoms with van der Waals surface area (Å²) in [7, 11) is 0. The zero-order valence-electron chi connectivity index (χ0n) is 15.6. The average molecular weight is 356 g/mol. The van der Waals surface area contributed by atoms with E-state index in [1.807, 2.05) is 26.2 Å². The van der Waals surface area contributed by atoms with Gasteiger partial charge in [0, 0.05) is 38.4 Å². The van der Waals surface area contributed by atoms with Crippen LogP contribution in [0.25, 0.3) is 0 Å². The van der Waals surface area contributed by atoms with Crippen molar-refractivity contribution in [2.24, 2.45) is 0 Å². The molecule has 1 N–H and O–H groups in total. The predicted molar refractivity (Wildman–Crippen MR) is 101 cm³/mol. The molecule has 1 fully saturated rings. The summed E-state index contributed by atoms with van der Waals surface area (Å²) in [5.74, 6) is 0.0473. The lowest BCUT2D eigenvalue weighted by atomic mass is 10.1. The van der Waals surface area contributed by atoms with Gasteiger partial charge in [-0.25, -0.2) is 4.98 Å². The van der Waals surface area contributed by atoms with Crippen molar-refractivity contribution in [1.29, 1.82) is 0 Å². The van der Waals surface area contributed by atoms with E-state index >= 15 is 0 Å². The van der Waals surface area contributed by atoms with E-state index in [1.165, 1.54) is 5.56 Å². The molecule has 0 aliphatic carbocycles. The normalized spacial score (nSPS) is 18.0. The lowest BCUT2D eigenvalue weighted by molar-refractivity contribution is -0.126. The Bertz CT molecular complexity index is 714. The van der Waals surface area contributed by atoms with Crippen LogP contribution < -0.4 is 5.32 Å². The van der Waals surface area contributed by atoms with Gasteiger partial charge in [0.1, 0.15) is 0 Å². The molecule has 1 aliphatic heterocycles. The minimum atomic E-state index is -0.0373. The van der Waals surface area contributed by atoms with E-state index in [1.54, 1.807) is 0 Å². The first-order valence-electron chi connectivity index (χ1n) is 9.24. The quantitative estimate of drug-likeness (QED) is 0.823. The number of rotatable bonds is 7. The smallest absolute Gasteiger partial charge is 0.222 e. The van der Waals surface area contributed by atoms with E-state index in [4.69, 9.17) is 4.74 Å². The first-order valence-corrected chi connectivity index (χ1v) is 9.24. The number of morpholine rings is 1. The van der Waals surface area contributed by atoms with Gasteiger partial charge in [-0.1, -0.05) is 30.3 Å². The summed E-state index contributed by atoms with van der Waals surface area (Å²) in [5.41, 5.74) is 3.47. The van der Waals surface area contributed by atoms with E-state index in [0.29, 0.717) is 19.6 Å². The van der Waals surface area contributed by atoms with Crippen molar-refractivity contribution in [2.75, 3.05) is 26.2 Å². The Morgan fingerprint density at radius 1 is 1.31 bits per heavy atom. The highest BCUT2D eigenvalue weighted by atomic mass is 16.5. The van der Waals surface area contributed by atoms with E-state index in [-0.39, 0.29) is 12.0 Å². The third kappa shape index (κ3) is 5.16. The molecule has 1 aromatic heterocycles. The molecule has 1 amide bonds. The van der Waals surface area contributed by atoms with Crippen molar-refractivity contribution in [1.82, 2.24) is 19.8 Å². The van der Waals surface area contributed by atoms with E-state index < -0.39 is 0 Å². The molecular weight excluding hydrogens is 328 g/mol. The monoisotopic (exact) mass is 356 g/mol. The van der Waals surface area contributed by atoms with Gasteiger partial charge in [0.2, 0.25) is 5.91 Å². The Morgan fingerprint density at radius 3 is 2.85 bits per heavy atom. The predicted octanol–water partition coefficient (Wildman–Crippen LogP) is 1.91. The molecule has 0 bridgehead atoms. The van der Waals surface area contributed by atoms with Gasteiger partial charge in [-0.15, -0.1) is 0 Å². The van der Waals surface area contributed by atoms with Crippen LogP contribution in [0.2, 0.25) is 0 Å². The highest BCUT2D eigenvalue weighted by Gasteiger charge is 2.22. The fraction of sp³-hybridized carbons (Fsp3) is 0.500. The van der Waals surface area contributed by atoms with Crippen LogP contribution in [0.5, 0.6) is 0 Å². The van der Waals surface area contributed by atoms with Gasteiger partial charge in [-0.3, -0.25) is 9.69 Å². The molecule has 0 spiro atoms. The third-order valence-electron chi connectivity index (χ3n) is 4.91. The molecule has 0 saturated carbocycles. The van der Waals surface area contributed by atoms with Crippen molar-refractivity contribution in [2.45, 2.75) is 39.5 Å². The molecule has 1 saturated heterocycles. The minimum Gasteiger partial charge on any atom is -0.375 e. The van der Waals surface area contributed by atoms with Gasteiger partial charge < -0.3 is 14.6 Å². The standard InChI is InChI=1S/C20H28N4O2/c1-16-17(2)24(15-22-16)9-8-21-20(25)12-19-14-23(10-11-26-19)13-18-6-4-3-5-7-18/h3-7,15,19H,8-14H2,1-2H3,(H,21,25). The molecule has 0 radical (unpaired) electrons. The second-order valence-electron chi connectivity index (χ2n) is 6.88. The number of nitrogens with one attached hydrogen (secondary N) is 1. The fourth-order valence-corrected chi connectivity index (χ4v) is 3.25. The van der Waals surface area contributed by atoms with Gasteiger partial charge in [-0.2, -0.15) is 0 Å². The fourth-order valence-electron chi connectivity index (χ4n) is 3.25. The van der Waals surface area contributed by atoms with Crippen LogP contribution in [0.3, 0.4) is 0 Å². The molecule has 6 heteroatoms. The molecule has 1 aromatic carbocycles. The summed E-state index contributed by atoms with van der Waals surface area (Å²) in [6.07, 6.45) is 2.19. The summed E-state index contributed by atoms with van der Waals surface area (Å²) < 4.78 is 7.85. The maximum atomic E-state index is 12.2. The highest BCUT2D eigenvalue weighted by Crippen LogP contribution is 2.12. The number of benzene rings is 1. The minimum absolute atomic E-state index is 0.0373. The van der Waals surface area contributed by atoms with Crippen molar-refractivity contribution < 1.29 is 9.53 Å². The zero-order valence-corrected chi connectivity index (χ0v) is 15.6. The lowest BCUT2D eigenvalue weighted by Gasteiger charge is -2.32. The lowest BCUT2D eigenvalue weighted by Crippen LogP contribution is -2.44. The first-order chi connectivity index (χ1) is 12.6. The van der Waals surface area contributed by atoms with Gasteiger partial charge in [0.05, 0.1) is 31.2 Å². The van der Waals surface area contributed by atoms with Crippen LogP contribution in [0.15, 0.2) is 36.7 Å². The number of hydrogen-bond acceptors (Lipinski definition) is 4. The molecule has 140 valence electrons. The summed E-state index contributed by atoms with van der Waals surface area (Å²) >= 11 is 0. The Labute approximate surface area is 155 Å². The number of aryl methyl sites for hydroxylation is 1. The molecule has 1 aliphatic rings. The molecule has 3 rings (SSSR count). The van der Waals surface area contributed by atoms with Crippen molar-refractivity contribution in [3.63, 3.8) is 0 Å². The number of ether oxygens (including phenoxy) is 1. The second-order valence-corrected chi connectivity index (χ2v) is 6.88. The highest BCUT2D eigenvalue weighted by molar-refractivity contribution is 5.76. The Balaban J connectivity index is 1.40. The second kappa shape index (κ2) is 8.96. The van der Waals surface area contributed by atoms with Gasteiger partial charge in [0.15, 0.2) is 0 Å². The van der Waals surface area contributed by atoms with Crippen LogP contribution in [0.4, 0.5) is 0 Å². The summed E-state index contributed by atoms with van der Waals surface area (Å²) in [6.45, 7) is 8.67. The van der Waals surface area contributed by atoms with Crippen LogP contribution in [0, 0.1) is 13.8 Å². The SMILES string of the molecule is Cc1ncn(CCNC(=O)CC2CN(Cc3ccccc3)CCO2)c1C. The topological polar surface area (TPSA) is 59.4 Å². The van der Waals surface area contributed by atoms with E-state index in [2.05, 4.69) is 44.0 Å². The largest absolute Gasteiger partial charge is 0.375 e. The van der Waals surface area contributed by atoms with Crippen molar-refractivity contribution in [3.8, 4) is 0 Å². The number of imidazole rings is 1. The zero-order chi connectivity index (χ0) is 18.4.